The number of rotatable bonds is 8. The van der Waals surface area contributed by atoms with Crippen LogP contribution in [0.5, 0.6) is 5.75 Å². The van der Waals surface area contributed by atoms with Crippen molar-refractivity contribution >= 4 is 11.9 Å². The minimum atomic E-state index is -0.370. The molecule has 0 spiro atoms. The molecule has 4 aliphatic rings. The van der Waals surface area contributed by atoms with Gasteiger partial charge in [0, 0.05) is 13.3 Å². The number of hydrogen-bond acceptors (Lipinski definition) is 4. The summed E-state index contributed by atoms with van der Waals surface area (Å²) in [5, 5.41) is 0. The third-order valence-corrected chi connectivity index (χ3v) is 11.9. The molecule has 8 atom stereocenters. The van der Waals surface area contributed by atoms with Gasteiger partial charge in [0.2, 0.25) is 0 Å². The summed E-state index contributed by atoms with van der Waals surface area (Å²) in [6.07, 6.45) is 16.4. The van der Waals surface area contributed by atoms with Gasteiger partial charge in [0.15, 0.2) is 0 Å². The summed E-state index contributed by atoms with van der Waals surface area (Å²) in [5.41, 5.74) is 2.81. The maximum absolute atomic E-state index is 12.9. The standard InChI is InChI=1S/C36H52O4/c1-23(2)8-7-9-24(3)31-16-17-32-30-15-12-27-22-29(18-20-35(27,5)33(30)19-21-36(31,32)6)40-34(38)26-10-13-28(14-11-26)39-25(4)37/h10-14,23-24,29-33H,7-9,15-22H2,1-6H3/t24-,29-,30+,31-,32+,33+,35+,36-/m1/s1. The number of esters is 2. The summed E-state index contributed by atoms with van der Waals surface area (Å²) in [5.74, 6) is 4.79. The summed E-state index contributed by atoms with van der Waals surface area (Å²) in [4.78, 5) is 24.1. The van der Waals surface area contributed by atoms with E-state index in [0.717, 1.165) is 54.8 Å². The Bertz CT molecular complexity index is 1100. The van der Waals surface area contributed by atoms with Gasteiger partial charge in [-0.1, -0.05) is 65.5 Å². The second-order valence-corrected chi connectivity index (χ2v) is 14.7. The summed E-state index contributed by atoms with van der Waals surface area (Å²) in [7, 11) is 0. The second kappa shape index (κ2) is 11.6. The Balaban J connectivity index is 1.22. The summed E-state index contributed by atoms with van der Waals surface area (Å²) in [6, 6.07) is 6.65. The van der Waals surface area contributed by atoms with Crippen LogP contribution in [0.2, 0.25) is 0 Å². The van der Waals surface area contributed by atoms with Crippen molar-refractivity contribution < 1.29 is 19.1 Å². The van der Waals surface area contributed by atoms with Crippen LogP contribution in [0.25, 0.3) is 0 Å². The number of ether oxygens (including phenoxy) is 2. The maximum atomic E-state index is 12.9. The van der Waals surface area contributed by atoms with Crippen molar-refractivity contribution in [2.75, 3.05) is 0 Å². The number of benzene rings is 1. The van der Waals surface area contributed by atoms with Gasteiger partial charge in [0.1, 0.15) is 11.9 Å². The normalized spacial score (nSPS) is 35.7. The molecular weight excluding hydrogens is 496 g/mol. The van der Waals surface area contributed by atoms with Gasteiger partial charge in [-0.15, -0.1) is 0 Å². The van der Waals surface area contributed by atoms with E-state index in [2.05, 4.69) is 40.7 Å². The third kappa shape index (κ3) is 5.66. The number of fused-ring (bicyclic) bond motifs is 5. The first-order valence-electron chi connectivity index (χ1n) is 16.2. The fraction of sp³-hybridized carbons (Fsp3) is 0.722. The van der Waals surface area contributed by atoms with Gasteiger partial charge >= 0.3 is 11.9 Å². The highest BCUT2D eigenvalue weighted by Gasteiger charge is 2.59. The summed E-state index contributed by atoms with van der Waals surface area (Å²) in [6.45, 7) is 13.8. The van der Waals surface area contributed by atoms with Crippen LogP contribution in [0, 0.1) is 46.3 Å². The lowest BCUT2D eigenvalue weighted by Gasteiger charge is -2.58. The van der Waals surface area contributed by atoms with E-state index >= 15 is 0 Å². The fourth-order valence-electron chi connectivity index (χ4n) is 9.80. The predicted octanol–water partition coefficient (Wildman–Crippen LogP) is 9.18. The fourth-order valence-corrected chi connectivity index (χ4v) is 9.80. The van der Waals surface area contributed by atoms with Crippen LogP contribution in [0.4, 0.5) is 0 Å². The molecule has 1 aromatic carbocycles. The zero-order chi connectivity index (χ0) is 28.7. The molecular formula is C36H52O4. The molecule has 0 radical (unpaired) electrons. The molecule has 40 heavy (non-hydrogen) atoms. The number of carbonyl (C=O) groups excluding carboxylic acids is 2. The molecule has 1 aromatic rings. The minimum Gasteiger partial charge on any atom is -0.458 e. The molecule has 4 aliphatic carbocycles. The molecule has 0 N–H and O–H groups in total. The molecule has 0 unspecified atom stereocenters. The first kappa shape index (κ1) is 29.4. The zero-order valence-electron chi connectivity index (χ0n) is 25.8. The lowest BCUT2D eigenvalue weighted by molar-refractivity contribution is -0.131. The molecule has 4 heteroatoms. The number of allylic oxidation sites excluding steroid dienone is 1. The quantitative estimate of drug-likeness (QED) is 0.185. The molecule has 0 aliphatic heterocycles. The average molecular weight is 549 g/mol. The smallest absolute Gasteiger partial charge is 0.338 e. The predicted molar refractivity (Wildman–Crippen MR) is 160 cm³/mol. The third-order valence-electron chi connectivity index (χ3n) is 11.9. The van der Waals surface area contributed by atoms with E-state index in [4.69, 9.17) is 9.47 Å². The molecule has 0 aromatic heterocycles. The van der Waals surface area contributed by atoms with E-state index in [1.54, 1.807) is 29.8 Å². The number of carbonyl (C=O) groups is 2. The Morgan fingerprint density at radius 1 is 0.950 bits per heavy atom. The van der Waals surface area contributed by atoms with Crippen molar-refractivity contribution in [1.82, 2.24) is 0 Å². The van der Waals surface area contributed by atoms with Gasteiger partial charge in [0.25, 0.3) is 0 Å². The van der Waals surface area contributed by atoms with Gasteiger partial charge in [-0.05, 0) is 116 Å². The van der Waals surface area contributed by atoms with E-state index in [9.17, 15) is 9.59 Å². The van der Waals surface area contributed by atoms with Crippen molar-refractivity contribution in [3.8, 4) is 5.75 Å². The van der Waals surface area contributed by atoms with Gasteiger partial charge in [0.05, 0.1) is 5.56 Å². The maximum Gasteiger partial charge on any atom is 0.338 e. The first-order valence-corrected chi connectivity index (χ1v) is 16.2. The molecule has 0 heterocycles. The van der Waals surface area contributed by atoms with Gasteiger partial charge in [-0.25, -0.2) is 4.79 Å². The Hall–Kier alpha value is -2.10. The van der Waals surface area contributed by atoms with Gasteiger partial charge in [-0.2, -0.15) is 0 Å². The molecule has 3 fully saturated rings. The highest BCUT2D eigenvalue weighted by atomic mass is 16.5. The molecule has 220 valence electrons. The Labute approximate surface area is 242 Å². The molecule has 0 amide bonds. The average Bonchev–Trinajstić information content (AvgIpc) is 3.26. The van der Waals surface area contributed by atoms with Crippen LogP contribution in [-0.2, 0) is 9.53 Å². The van der Waals surface area contributed by atoms with Crippen molar-refractivity contribution in [2.45, 2.75) is 118 Å². The van der Waals surface area contributed by atoms with Crippen molar-refractivity contribution in [3.05, 3.63) is 41.5 Å². The number of hydrogen-bond donors (Lipinski definition) is 0. The van der Waals surface area contributed by atoms with Crippen molar-refractivity contribution in [3.63, 3.8) is 0 Å². The van der Waals surface area contributed by atoms with Crippen LogP contribution in [-0.4, -0.2) is 18.0 Å². The lowest BCUT2D eigenvalue weighted by atomic mass is 9.47. The van der Waals surface area contributed by atoms with Crippen LogP contribution < -0.4 is 4.74 Å². The lowest BCUT2D eigenvalue weighted by Crippen LogP contribution is -2.51. The highest BCUT2D eigenvalue weighted by Crippen LogP contribution is 2.67. The first-order chi connectivity index (χ1) is 19.0. The van der Waals surface area contributed by atoms with Gasteiger partial charge < -0.3 is 9.47 Å². The van der Waals surface area contributed by atoms with E-state index in [1.165, 1.54) is 58.3 Å². The molecule has 5 rings (SSSR count). The van der Waals surface area contributed by atoms with Crippen LogP contribution in [0.3, 0.4) is 0 Å². The summed E-state index contributed by atoms with van der Waals surface area (Å²) < 4.78 is 11.1. The SMILES string of the molecule is CC(=O)Oc1ccc(C(=O)O[C@@H]2CC[C@@]3(C)C(=CC[C@H]4[C@@H]5CC[C@H]([C@H](C)CCCC(C)C)[C@@]5(C)CC[C@@H]43)C2)cc1. The molecule has 3 saturated carbocycles. The molecule has 4 nitrogen and oxygen atoms in total. The Morgan fingerprint density at radius 3 is 2.40 bits per heavy atom. The van der Waals surface area contributed by atoms with Crippen LogP contribution >= 0.6 is 0 Å². The highest BCUT2D eigenvalue weighted by molar-refractivity contribution is 5.89. The topological polar surface area (TPSA) is 52.6 Å². The van der Waals surface area contributed by atoms with E-state index in [1.807, 2.05) is 0 Å². The largest absolute Gasteiger partial charge is 0.458 e. The van der Waals surface area contributed by atoms with E-state index in [-0.39, 0.29) is 23.5 Å². The monoisotopic (exact) mass is 548 g/mol. The Morgan fingerprint density at radius 2 is 1.70 bits per heavy atom. The minimum absolute atomic E-state index is 0.0621. The van der Waals surface area contributed by atoms with Crippen molar-refractivity contribution in [1.29, 1.82) is 0 Å². The van der Waals surface area contributed by atoms with E-state index < -0.39 is 0 Å². The summed E-state index contributed by atoms with van der Waals surface area (Å²) >= 11 is 0. The second-order valence-electron chi connectivity index (χ2n) is 14.7. The zero-order valence-corrected chi connectivity index (χ0v) is 25.8. The van der Waals surface area contributed by atoms with Gasteiger partial charge in [-0.3, -0.25) is 4.79 Å². The van der Waals surface area contributed by atoms with Crippen LogP contribution in [0.15, 0.2) is 35.9 Å². The van der Waals surface area contributed by atoms with Crippen molar-refractivity contribution in [2.24, 2.45) is 46.3 Å². The molecule has 0 saturated heterocycles. The van der Waals surface area contributed by atoms with Crippen LogP contribution in [0.1, 0.15) is 123 Å². The van der Waals surface area contributed by atoms with E-state index in [0.29, 0.717) is 16.7 Å². The Kier molecular flexibility index (Phi) is 8.56. The molecule has 0 bridgehead atoms.